The number of carbonyl (C=O) groups excluding carboxylic acids is 1. The Morgan fingerprint density at radius 2 is 2.00 bits per heavy atom. The van der Waals surface area contributed by atoms with Crippen LogP contribution in [0.3, 0.4) is 0 Å². The molecule has 0 amide bonds. The van der Waals surface area contributed by atoms with Crippen molar-refractivity contribution < 1.29 is 9.53 Å². The highest BCUT2D eigenvalue weighted by atomic mass is 32.2. The third kappa shape index (κ3) is 4.38. The first-order chi connectivity index (χ1) is 12.0. The third-order valence-corrected chi connectivity index (χ3v) is 5.45. The number of hydrogen-bond acceptors (Lipinski definition) is 6. The van der Waals surface area contributed by atoms with E-state index in [4.69, 9.17) is 4.74 Å². The molecule has 0 spiro atoms. The Bertz CT molecular complexity index is 873. The second kappa shape index (κ2) is 7.97. The lowest BCUT2D eigenvalue weighted by Gasteiger charge is -2.08. The maximum absolute atomic E-state index is 11.9. The van der Waals surface area contributed by atoms with Crippen LogP contribution in [-0.2, 0) is 9.53 Å². The van der Waals surface area contributed by atoms with E-state index in [-0.39, 0.29) is 11.7 Å². The van der Waals surface area contributed by atoms with Crippen LogP contribution in [0.1, 0.15) is 19.4 Å². The summed E-state index contributed by atoms with van der Waals surface area (Å²) in [5, 5.41) is 3.94. The molecule has 1 aromatic carbocycles. The molecule has 0 bridgehead atoms. The zero-order valence-electron chi connectivity index (χ0n) is 14.5. The van der Waals surface area contributed by atoms with Crippen LogP contribution in [-0.4, -0.2) is 28.3 Å². The molecule has 4 nitrogen and oxygen atoms in total. The molecule has 0 aliphatic carbocycles. The van der Waals surface area contributed by atoms with E-state index in [9.17, 15) is 4.79 Å². The minimum atomic E-state index is -0.211. The number of hydrogen-bond donors (Lipinski definition) is 0. The van der Waals surface area contributed by atoms with Gasteiger partial charge in [-0.1, -0.05) is 55.4 Å². The molecular formula is C19H20N2O2S2. The average Bonchev–Trinajstić information content (AvgIpc) is 3.03. The number of ether oxygens (including phenoxy) is 1. The van der Waals surface area contributed by atoms with Gasteiger partial charge in [0, 0.05) is 10.9 Å². The van der Waals surface area contributed by atoms with Crippen LogP contribution in [0.4, 0.5) is 0 Å². The summed E-state index contributed by atoms with van der Waals surface area (Å²) in [6.07, 6.45) is 1.56. The van der Waals surface area contributed by atoms with E-state index in [2.05, 4.69) is 46.5 Å². The Morgan fingerprint density at radius 1 is 1.24 bits per heavy atom. The van der Waals surface area contributed by atoms with E-state index in [0.717, 1.165) is 26.4 Å². The molecule has 2 heterocycles. The van der Waals surface area contributed by atoms with Gasteiger partial charge in [0.25, 0.3) is 0 Å². The SMILES string of the molecule is Cc1ccc(-c2csc3ncnc(SCC(=O)OCC(C)C)c23)cc1. The van der Waals surface area contributed by atoms with Crippen molar-refractivity contribution in [1.82, 2.24) is 9.97 Å². The molecule has 0 unspecified atom stereocenters. The molecule has 0 saturated carbocycles. The van der Waals surface area contributed by atoms with Crippen molar-refractivity contribution in [2.45, 2.75) is 25.8 Å². The Balaban J connectivity index is 1.85. The summed E-state index contributed by atoms with van der Waals surface area (Å²) in [5.41, 5.74) is 3.47. The molecule has 6 heteroatoms. The maximum Gasteiger partial charge on any atom is 0.316 e. The van der Waals surface area contributed by atoms with Gasteiger partial charge in [0.2, 0.25) is 0 Å². The topological polar surface area (TPSA) is 52.1 Å². The lowest BCUT2D eigenvalue weighted by atomic mass is 10.1. The number of rotatable bonds is 6. The number of fused-ring (bicyclic) bond motifs is 1. The molecule has 0 aliphatic rings. The van der Waals surface area contributed by atoms with Crippen molar-refractivity contribution in [3.63, 3.8) is 0 Å². The highest BCUT2D eigenvalue weighted by molar-refractivity contribution is 8.00. The molecule has 0 fully saturated rings. The number of aromatic nitrogens is 2. The van der Waals surface area contributed by atoms with Gasteiger partial charge in [0.1, 0.15) is 16.2 Å². The van der Waals surface area contributed by atoms with Gasteiger partial charge in [-0.2, -0.15) is 0 Å². The summed E-state index contributed by atoms with van der Waals surface area (Å²) >= 11 is 3.00. The standard InChI is InChI=1S/C19H20N2O2S2/c1-12(2)8-23-16(22)10-25-19-17-15(9-24-18(17)20-11-21-19)14-6-4-13(3)5-7-14/h4-7,9,11-12H,8,10H2,1-3H3. The first-order valence-electron chi connectivity index (χ1n) is 8.12. The van der Waals surface area contributed by atoms with Gasteiger partial charge in [-0.15, -0.1) is 11.3 Å². The lowest BCUT2D eigenvalue weighted by molar-refractivity contribution is -0.141. The normalized spacial score (nSPS) is 11.2. The minimum absolute atomic E-state index is 0.211. The van der Waals surface area contributed by atoms with Crippen LogP contribution in [0.15, 0.2) is 41.0 Å². The molecule has 2 aromatic heterocycles. The molecule has 0 radical (unpaired) electrons. The second-order valence-corrected chi connectivity index (χ2v) is 8.06. The fourth-order valence-corrected chi connectivity index (χ4v) is 4.12. The average molecular weight is 373 g/mol. The predicted molar refractivity (Wildman–Crippen MR) is 104 cm³/mol. The van der Waals surface area contributed by atoms with E-state index in [0.29, 0.717) is 12.5 Å². The summed E-state index contributed by atoms with van der Waals surface area (Å²) in [5.74, 6) is 0.379. The fraction of sp³-hybridized carbons (Fsp3) is 0.316. The van der Waals surface area contributed by atoms with E-state index in [1.54, 1.807) is 17.7 Å². The number of esters is 1. The second-order valence-electron chi connectivity index (χ2n) is 6.24. The molecule has 3 rings (SSSR count). The van der Waals surface area contributed by atoms with Crippen molar-refractivity contribution >= 4 is 39.3 Å². The monoisotopic (exact) mass is 372 g/mol. The summed E-state index contributed by atoms with van der Waals surface area (Å²) in [7, 11) is 0. The number of thiophene rings is 1. The number of nitrogens with zero attached hydrogens (tertiary/aromatic N) is 2. The zero-order chi connectivity index (χ0) is 17.8. The first-order valence-corrected chi connectivity index (χ1v) is 9.98. The largest absolute Gasteiger partial charge is 0.465 e. The van der Waals surface area contributed by atoms with Crippen LogP contribution in [0.2, 0.25) is 0 Å². The summed E-state index contributed by atoms with van der Waals surface area (Å²) in [6.45, 7) is 6.56. The van der Waals surface area contributed by atoms with Crippen LogP contribution >= 0.6 is 23.1 Å². The molecule has 3 aromatic rings. The van der Waals surface area contributed by atoms with Crippen LogP contribution in [0.25, 0.3) is 21.3 Å². The zero-order valence-corrected chi connectivity index (χ0v) is 16.1. The Hall–Kier alpha value is -1.92. The Labute approximate surface area is 155 Å². The molecule has 130 valence electrons. The molecule has 0 aliphatic heterocycles. The van der Waals surface area contributed by atoms with Crippen molar-refractivity contribution in [3.05, 3.63) is 41.5 Å². The van der Waals surface area contributed by atoms with E-state index in [1.165, 1.54) is 17.3 Å². The molecular weight excluding hydrogens is 352 g/mol. The van der Waals surface area contributed by atoms with E-state index >= 15 is 0 Å². The molecule has 25 heavy (non-hydrogen) atoms. The number of carbonyl (C=O) groups is 1. The van der Waals surface area contributed by atoms with Crippen molar-refractivity contribution in [2.24, 2.45) is 5.92 Å². The van der Waals surface area contributed by atoms with Gasteiger partial charge in [0.15, 0.2) is 0 Å². The minimum Gasteiger partial charge on any atom is -0.465 e. The van der Waals surface area contributed by atoms with Crippen molar-refractivity contribution in [1.29, 1.82) is 0 Å². The number of aryl methyl sites for hydroxylation is 1. The Morgan fingerprint density at radius 3 is 2.72 bits per heavy atom. The van der Waals surface area contributed by atoms with Gasteiger partial charge in [0.05, 0.1) is 17.7 Å². The van der Waals surface area contributed by atoms with Crippen LogP contribution < -0.4 is 0 Å². The molecule has 0 saturated heterocycles. The lowest BCUT2D eigenvalue weighted by Crippen LogP contribution is -2.11. The Kier molecular flexibility index (Phi) is 5.71. The molecule has 0 atom stereocenters. The van der Waals surface area contributed by atoms with E-state index < -0.39 is 0 Å². The van der Waals surface area contributed by atoms with Gasteiger partial charge in [-0.3, -0.25) is 4.79 Å². The number of thioether (sulfide) groups is 1. The number of benzene rings is 1. The summed E-state index contributed by atoms with van der Waals surface area (Å²) in [6, 6.07) is 8.40. The van der Waals surface area contributed by atoms with Crippen molar-refractivity contribution in [2.75, 3.05) is 12.4 Å². The van der Waals surface area contributed by atoms with E-state index in [1.807, 2.05) is 13.8 Å². The highest BCUT2D eigenvalue weighted by Gasteiger charge is 2.15. The first kappa shape index (κ1) is 17.9. The summed E-state index contributed by atoms with van der Waals surface area (Å²) in [4.78, 5) is 21.6. The smallest absolute Gasteiger partial charge is 0.316 e. The van der Waals surface area contributed by atoms with Crippen LogP contribution in [0, 0.1) is 12.8 Å². The highest BCUT2D eigenvalue weighted by Crippen LogP contribution is 2.37. The quantitative estimate of drug-likeness (QED) is 0.348. The predicted octanol–water partition coefficient (Wildman–Crippen LogP) is 4.96. The van der Waals surface area contributed by atoms with Gasteiger partial charge in [-0.25, -0.2) is 9.97 Å². The van der Waals surface area contributed by atoms with Gasteiger partial charge < -0.3 is 4.74 Å². The van der Waals surface area contributed by atoms with Gasteiger partial charge in [-0.05, 0) is 18.4 Å². The summed E-state index contributed by atoms with van der Waals surface area (Å²) < 4.78 is 5.25. The van der Waals surface area contributed by atoms with Gasteiger partial charge >= 0.3 is 5.97 Å². The van der Waals surface area contributed by atoms with Crippen molar-refractivity contribution in [3.8, 4) is 11.1 Å². The fourth-order valence-electron chi connectivity index (χ4n) is 2.33. The molecule has 0 N–H and O–H groups in total. The maximum atomic E-state index is 11.9. The third-order valence-electron chi connectivity index (χ3n) is 3.60. The van der Waals surface area contributed by atoms with Crippen LogP contribution in [0.5, 0.6) is 0 Å².